The largest absolute Gasteiger partial charge is 0.396 e. The molecule has 0 saturated carbocycles. The maximum atomic E-state index is 11.7. The number of carbonyl (C=O) groups is 1. The van der Waals surface area contributed by atoms with E-state index in [2.05, 4.69) is 26.3 Å². The highest BCUT2D eigenvalue weighted by molar-refractivity contribution is 6.09. The fourth-order valence-electron chi connectivity index (χ4n) is 1.57. The highest BCUT2D eigenvalue weighted by Gasteiger charge is 2.32. The topological polar surface area (TPSA) is 97.8 Å². The van der Waals surface area contributed by atoms with Crippen LogP contribution >= 0.6 is 0 Å². The molecular formula is C9H15N5O2. The van der Waals surface area contributed by atoms with Gasteiger partial charge in [0.25, 0.3) is 5.91 Å². The Balaban J connectivity index is 1.91. The van der Waals surface area contributed by atoms with E-state index in [1.807, 2.05) is 0 Å². The third kappa shape index (κ3) is 2.31. The molecule has 1 amide bonds. The van der Waals surface area contributed by atoms with Crippen LogP contribution < -0.4 is 21.3 Å². The van der Waals surface area contributed by atoms with Crippen LogP contribution in [0.4, 0.5) is 0 Å². The second-order valence-corrected chi connectivity index (χ2v) is 3.55. The van der Waals surface area contributed by atoms with Gasteiger partial charge in [-0.2, -0.15) is 0 Å². The first-order valence-electron chi connectivity index (χ1n) is 5.21. The van der Waals surface area contributed by atoms with E-state index < -0.39 is 6.04 Å². The Hall–Kier alpha value is -1.60. The Labute approximate surface area is 93.0 Å². The van der Waals surface area contributed by atoms with Crippen molar-refractivity contribution >= 4 is 11.7 Å². The lowest BCUT2D eigenvalue weighted by Gasteiger charge is -2.33. The van der Waals surface area contributed by atoms with Gasteiger partial charge in [0.15, 0.2) is 12.3 Å². The zero-order valence-corrected chi connectivity index (χ0v) is 8.73. The monoisotopic (exact) mass is 225 g/mol. The van der Waals surface area contributed by atoms with Crippen LogP contribution in [0, 0.1) is 0 Å². The van der Waals surface area contributed by atoms with Gasteiger partial charge < -0.3 is 21.1 Å². The van der Waals surface area contributed by atoms with Crippen LogP contribution in [0.1, 0.15) is 6.42 Å². The highest BCUT2D eigenvalue weighted by Crippen LogP contribution is 2.00. The van der Waals surface area contributed by atoms with E-state index in [-0.39, 0.29) is 18.8 Å². The van der Waals surface area contributed by atoms with Gasteiger partial charge in [0.05, 0.1) is 0 Å². The first-order valence-corrected chi connectivity index (χ1v) is 5.21. The number of hydrogen-bond donors (Lipinski definition) is 5. The summed E-state index contributed by atoms with van der Waals surface area (Å²) in [6.07, 6.45) is 3.54. The second-order valence-electron chi connectivity index (χ2n) is 3.55. The van der Waals surface area contributed by atoms with Gasteiger partial charge in [-0.3, -0.25) is 10.1 Å². The maximum absolute atomic E-state index is 11.7. The molecule has 1 saturated heterocycles. The first kappa shape index (κ1) is 10.9. The van der Waals surface area contributed by atoms with E-state index in [0.717, 1.165) is 0 Å². The number of amidine groups is 1. The SMILES string of the molecule is O=C1NC(NCCCO)NC2=NC=CNC12. The number of aliphatic hydroxyl groups excluding tert-OH is 1. The van der Waals surface area contributed by atoms with E-state index in [0.29, 0.717) is 18.8 Å². The normalized spacial score (nSPS) is 27.3. The predicted octanol–water partition coefficient (Wildman–Crippen LogP) is -2.20. The molecule has 0 aromatic carbocycles. The molecule has 0 aromatic rings. The highest BCUT2D eigenvalue weighted by atomic mass is 16.3. The summed E-state index contributed by atoms with van der Waals surface area (Å²) in [6, 6.07) is -0.430. The molecule has 2 aliphatic heterocycles. The molecule has 2 atom stereocenters. The molecule has 2 heterocycles. The summed E-state index contributed by atoms with van der Waals surface area (Å²) in [7, 11) is 0. The van der Waals surface area contributed by atoms with E-state index in [4.69, 9.17) is 5.11 Å². The van der Waals surface area contributed by atoms with E-state index in [9.17, 15) is 4.79 Å². The summed E-state index contributed by atoms with van der Waals surface area (Å²) in [4.78, 5) is 15.7. The molecular weight excluding hydrogens is 210 g/mol. The second kappa shape index (κ2) is 4.95. The van der Waals surface area contributed by atoms with Crippen molar-refractivity contribution in [2.24, 2.45) is 4.99 Å². The molecule has 7 heteroatoms. The van der Waals surface area contributed by atoms with Gasteiger partial charge in [-0.1, -0.05) is 0 Å². The third-order valence-corrected chi connectivity index (χ3v) is 2.35. The quantitative estimate of drug-likeness (QED) is 0.350. The van der Waals surface area contributed by atoms with Crippen molar-refractivity contribution < 1.29 is 9.90 Å². The Morgan fingerprint density at radius 2 is 2.38 bits per heavy atom. The molecule has 2 rings (SSSR count). The van der Waals surface area contributed by atoms with Crippen LogP contribution in [0.3, 0.4) is 0 Å². The zero-order chi connectivity index (χ0) is 11.4. The Morgan fingerprint density at radius 1 is 1.50 bits per heavy atom. The van der Waals surface area contributed by atoms with Crippen LogP contribution in [0.5, 0.6) is 0 Å². The molecule has 1 fully saturated rings. The minimum absolute atomic E-state index is 0.122. The molecule has 0 aliphatic carbocycles. The van der Waals surface area contributed by atoms with Crippen molar-refractivity contribution in [3.05, 3.63) is 12.4 Å². The molecule has 0 radical (unpaired) electrons. The number of nitrogens with one attached hydrogen (secondary N) is 4. The summed E-state index contributed by atoms with van der Waals surface area (Å²) < 4.78 is 0. The van der Waals surface area contributed by atoms with Gasteiger partial charge in [-0.15, -0.1) is 0 Å². The molecule has 0 bridgehead atoms. The van der Waals surface area contributed by atoms with Crippen molar-refractivity contribution in [1.29, 1.82) is 0 Å². The lowest BCUT2D eigenvalue weighted by atomic mass is 10.2. The average molecular weight is 225 g/mol. The zero-order valence-electron chi connectivity index (χ0n) is 8.73. The lowest BCUT2D eigenvalue weighted by Crippen LogP contribution is -2.69. The number of fused-ring (bicyclic) bond motifs is 1. The van der Waals surface area contributed by atoms with Crippen LogP contribution in [0.25, 0.3) is 0 Å². The van der Waals surface area contributed by atoms with Gasteiger partial charge >= 0.3 is 0 Å². The molecule has 7 nitrogen and oxygen atoms in total. The van der Waals surface area contributed by atoms with Crippen molar-refractivity contribution in [2.45, 2.75) is 18.8 Å². The van der Waals surface area contributed by atoms with Gasteiger partial charge in [0.1, 0.15) is 5.84 Å². The predicted molar refractivity (Wildman–Crippen MR) is 58.3 cm³/mol. The molecule has 5 N–H and O–H groups in total. The van der Waals surface area contributed by atoms with E-state index in [1.54, 1.807) is 12.4 Å². The van der Waals surface area contributed by atoms with Crippen LogP contribution in [-0.4, -0.2) is 42.3 Å². The average Bonchev–Trinajstić information content (AvgIpc) is 2.30. The smallest absolute Gasteiger partial charge is 0.252 e. The van der Waals surface area contributed by atoms with Crippen LogP contribution in [0.2, 0.25) is 0 Å². The molecule has 88 valence electrons. The summed E-state index contributed by atoms with van der Waals surface area (Å²) in [5.74, 6) is 0.482. The lowest BCUT2D eigenvalue weighted by molar-refractivity contribution is -0.123. The van der Waals surface area contributed by atoms with Gasteiger partial charge in [0, 0.05) is 25.6 Å². The number of nitrogens with zero attached hydrogens (tertiary/aromatic N) is 1. The number of amides is 1. The van der Waals surface area contributed by atoms with Gasteiger partial charge in [-0.25, -0.2) is 4.99 Å². The molecule has 16 heavy (non-hydrogen) atoms. The third-order valence-electron chi connectivity index (χ3n) is 2.35. The first-order chi connectivity index (χ1) is 7.81. The number of aliphatic imine (C=N–C) groups is 1. The van der Waals surface area contributed by atoms with Crippen molar-refractivity contribution in [3.63, 3.8) is 0 Å². The minimum atomic E-state index is -0.430. The summed E-state index contributed by atoms with van der Waals surface area (Å²) in [5, 5.41) is 20.4. The van der Waals surface area contributed by atoms with Gasteiger partial charge in [0.2, 0.25) is 0 Å². The Kier molecular flexibility index (Phi) is 3.37. The van der Waals surface area contributed by atoms with E-state index in [1.165, 1.54) is 0 Å². The summed E-state index contributed by atoms with van der Waals surface area (Å²) >= 11 is 0. The maximum Gasteiger partial charge on any atom is 0.252 e. The number of aliphatic hydroxyl groups is 1. The Bertz CT molecular complexity index is 328. The fraction of sp³-hybridized carbons (Fsp3) is 0.556. The van der Waals surface area contributed by atoms with Crippen molar-refractivity contribution in [1.82, 2.24) is 21.3 Å². The molecule has 0 aromatic heterocycles. The fourth-order valence-corrected chi connectivity index (χ4v) is 1.57. The number of rotatable bonds is 4. The number of hydrogen-bond acceptors (Lipinski definition) is 6. The minimum Gasteiger partial charge on any atom is -0.396 e. The van der Waals surface area contributed by atoms with E-state index >= 15 is 0 Å². The Morgan fingerprint density at radius 3 is 3.19 bits per heavy atom. The summed E-state index contributed by atoms with van der Waals surface area (Å²) in [5.41, 5.74) is 0. The van der Waals surface area contributed by atoms with Crippen molar-refractivity contribution in [3.8, 4) is 0 Å². The summed E-state index contributed by atoms with van der Waals surface area (Å²) in [6.45, 7) is 0.747. The number of carbonyl (C=O) groups excluding carboxylic acids is 1. The molecule has 2 aliphatic rings. The molecule has 0 spiro atoms. The standard InChI is InChI=1S/C9H15N5O2/c15-5-1-2-12-9-13-7-6(8(16)14-9)10-3-4-11-7/h3-4,6,9-10,12,15H,1-2,5H2,(H,11,13)(H,14,16). The van der Waals surface area contributed by atoms with Crippen LogP contribution in [-0.2, 0) is 4.79 Å². The van der Waals surface area contributed by atoms with Gasteiger partial charge in [-0.05, 0) is 6.42 Å². The van der Waals surface area contributed by atoms with Crippen LogP contribution in [0.15, 0.2) is 17.4 Å². The molecule has 2 unspecified atom stereocenters. The van der Waals surface area contributed by atoms with Crippen molar-refractivity contribution in [2.75, 3.05) is 13.2 Å².